The van der Waals surface area contributed by atoms with Gasteiger partial charge in [-0.05, 0) is 69.4 Å². The SMILES string of the molecule is Cc1cc(NC2CC(C)NN2)nc(N2CCC(CO)(C(=O)N[C@@H](C)c3ccc(-n4cc(F)cn4)nc3)CC2)c1. The van der Waals surface area contributed by atoms with E-state index in [4.69, 9.17) is 4.98 Å². The minimum Gasteiger partial charge on any atom is -0.395 e. The van der Waals surface area contributed by atoms with Gasteiger partial charge in [0.05, 0.1) is 36.6 Å². The number of hydrogen-bond donors (Lipinski definition) is 5. The van der Waals surface area contributed by atoms with Gasteiger partial charge in [0.2, 0.25) is 5.91 Å². The lowest BCUT2D eigenvalue weighted by Gasteiger charge is -2.40. The van der Waals surface area contributed by atoms with Gasteiger partial charge in [-0.3, -0.25) is 10.2 Å². The lowest BCUT2D eigenvalue weighted by Crippen LogP contribution is -2.51. The Hall–Kier alpha value is -3.61. The summed E-state index contributed by atoms with van der Waals surface area (Å²) >= 11 is 0. The van der Waals surface area contributed by atoms with Crippen molar-refractivity contribution in [1.29, 1.82) is 0 Å². The molecule has 39 heavy (non-hydrogen) atoms. The van der Waals surface area contributed by atoms with Crippen LogP contribution in [0.1, 0.15) is 50.3 Å². The second kappa shape index (κ2) is 11.2. The number of piperidine rings is 1. The van der Waals surface area contributed by atoms with Gasteiger partial charge in [-0.2, -0.15) is 5.10 Å². The first-order valence-corrected chi connectivity index (χ1v) is 13.3. The largest absolute Gasteiger partial charge is 0.395 e. The van der Waals surface area contributed by atoms with Crippen LogP contribution in [0.4, 0.5) is 16.0 Å². The van der Waals surface area contributed by atoms with Crippen molar-refractivity contribution in [1.82, 2.24) is 35.9 Å². The summed E-state index contributed by atoms with van der Waals surface area (Å²) in [6.45, 7) is 7.03. The first-order chi connectivity index (χ1) is 18.7. The van der Waals surface area contributed by atoms with Crippen molar-refractivity contribution >= 4 is 17.5 Å². The van der Waals surface area contributed by atoms with Crippen molar-refractivity contribution < 1.29 is 14.3 Å². The number of aryl methyl sites for hydroxylation is 1. The molecule has 2 unspecified atom stereocenters. The Morgan fingerprint density at radius 3 is 2.64 bits per heavy atom. The number of nitrogens with one attached hydrogen (secondary N) is 4. The Morgan fingerprint density at radius 2 is 2.03 bits per heavy atom. The molecule has 11 nitrogen and oxygen atoms in total. The maximum atomic E-state index is 13.4. The third-order valence-corrected chi connectivity index (χ3v) is 7.60. The second-order valence-electron chi connectivity index (χ2n) is 10.7. The summed E-state index contributed by atoms with van der Waals surface area (Å²) in [6.07, 6.45) is 6.08. The first kappa shape index (κ1) is 27.0. The highest BCUT2D eigenvalue weighted by Gasteiger charge is 2.41. The minimum absolute atomic E-state index is 0.108. The van der Waals surface area contributed by atoms with E-state index in [1.807, 2.05) is 26.0 Å². The number of aromatic nitrogens is 4. The van der Waals surface area contributed by atoms with Crippen LogP contribution in [0.25, 0.3) is 5.82 Å². The first-order valence-electron chi connectivity index (χ1n) is 13.3. The van der Waals surface area contributed by atoms with Crippen molar-refractivity contribution in [2.75, 3.05) is 29.9 Å². The maximum absolute atomic E-state index is 13.4. The van der Waals surface area contributed by atoms with E-state index >= 15 is 0 Å². The Bertz CT molecular complexity index is 1290. The van der Waals surface area contributed by atoms with Crippen LogP contribution in [0, 0.1) is 18.2 Å². The molecule has 2 aliphatic heterocycles. The molecule has 2 aliphatic rings. The fraction of sp³-hybridized carbons (Fsp3) is 0.481. The zero-order valence-electron chi connectivity index (χ0n) is 22.5. The molecule has 0 spiro atoms. The van der Waals surface area contributed by atoms with E-state index in [0.29, 0.717) is 37.8 Å². The Balaban J connectivity index is 1.20. The number of carbonyl (C=O) groups excluding carboxylic acids is 1. The normalized spacial score (nSPS) is 21.5. The number of anilines is 2. The van der Waals surface area contributed by atoms with Gasteiger partial charge < -0.3 is 20.6 Å². The van der Waals surface area contributed by atoms with E-state index in [-0.39, 0.29) is 24.7 Å². The predicted molar refractivity (Wildman–Crippen MR) is 146 cm³/mol. The van der Waals surface area contributed by atoms with E-state index < -0.39 is 11.2 Å². The monoisotopic (exact) mass is 537 g/mol. The van der Waals surface area contributed by atoms with E-state index in [2.05, 4.69) is 49.5 Å². The maximum Gasteiger partial charge on any atom is 0.229 e. The number of halogens is 1. The quantitative estimate of drug-likeness (QED) is 0.293. The lowest BCUT2D eigenvalue weighted by molar-refractivity contribution is -0.135. The van der Waals surface area contributed by atoms with Crippen molar-refractivity contribution in [2.45, 2.75) is 58.3 Å². The molecule has 0 radical (unpaired) electrons. The number of nitrogens with zero attached hydrogens (tertiary/aromatic N) is 5. The van der Waals surface area contributed by atoms with Gasteiger partial charge in [0.15, 0.2) is 11.6 Å². The molecule has 5 rings (SSSR count). The molecule has 3 aromatic rings. The number of hydrazine groups is 1. The third-order valence-electron chi connectivity index (χ3n) is 7.60. The van der Waals surface area contributed by atoms with Gasteiger partial charge in [-0.15, -0.1) is 0 Å². The summed E-state index contributed by atoms with van der Waals surface area (Å²) in [5.41, 5.74) is 7.48. The highest BCUT2D eigenvalue weighted by molar-refractivity contribution is 5.83. The highest BCUT2D eigenvalue weighted by atomic mass is 19.1. The van der Waals surface area contributed by atoms with Crippen molar-refractivity contribution in [3.05, 3.63) is 59.8 Å². The summed E-state index contributed by atoms with van der Waals surface area (Å²) in [5.74, 6) is 1.53. The van der Waals surface area contributed by atoms with Gasteiger partial charge in [0, 0.05) is 25.3 Å². The molecule has 2 saturated heterocycles. The molecular formula is C27H36FN9O2. The van der Waals surface area contributed by atoms with Crippen LogP contribution in [0.2, 0.25) is 0 Å². The average molecular weight is 538 g/mol. The molecule has 0 saturated carbocycles. The molecule has 3 atom stereocenters. The molecule has 0 bridgehead atoms. The van der Waals surface area contributed by atoms with E-state index in [1.165, 1.54) is 10.9 Å². The summed E-state index contributed by atoms with van der Waals surface area (Å²) in [7, 11) is 0. The number of carbonyl (C=O) groups is 1. The van der Waals surface area contributed by atoms with Gasteiger partial charge in [-0.1, -0.05) is 6.07 Å². The Kier molecular flexibility index (Phi) is 7.78. The summed E-state index contributed by atoms with van der Waals surface area (Å²) in [4.78, 5) is 24.7. The van der Waals surface area contributed by atoms with Gasteiger partial charge in [-0.25, -0.2) is 24.5 Å². The average Bonchev–Trinajstić information content (AvgIpc) is 3.55. The second-order valence-corrected chi connectivity index (χ2v) is 10.7. The van der Waals surface area contributed by atoms with Crippen molar-refractivity contribution in [2.24, 2.45) is 5.41 Å². The number of aliphatic hydroxyl groups is 1. The topological polar surface area (TPSA) is 132 Å². The summed E-state index contributed by atoms with van der Waals surface area (Å²) in [6, 6.07) is 7.70. The van der Waals surface area contributed by atoms with Crippen LogP contribution < -0.4 is 26.4 Å². The Morgan fingerprint density at radius 1 is 1.23 bits per heavy atom. The predicted octanol–water partition coefficient (Wildman–Crippen LogP) is 2.19. The van der Waals surface area contributed by atoms with Crippen LogP contribution >= 0.6 is 0 Å². The zero-order chi connectivity index (χ0) is 27.6. The fourth-order valence-electron chi connectivity index (χ4n) is 5.14. The smallest absolute Gasteiger partial charge is 0.229 e. The third kappa shape index (κ3) is 6.02. The molecular weight excluding hydrogens is 501 g/mol. The van der Waals surface area contributed by atoms with E-state index in [9.17, 15) is 14.3 Å². The van der Waals surface area contributed by atoms with Crippen molar-refractivity contribution in [3.63, 3.8) is 0 Å². The molecule has 0 aliphatic carbocycles. The molecule has 5 heterocycles. The summed E-state index contributed by atoms with van der Waals surface area (Å²) in [5, 5.41) is 20.7. The molecule has 5 N–H and O–H groups in total. The van der Waals surface area contributed by atoms with Crippen LogP contribution in [-0.4, -0.2) is 62.7 Å². The number of pyridine rings is 2. The minimum atomic E-state index is -0.870. The number of amides is 1. The molecule has 3 aromatic heterocycles. The molecule has 0 aromatic carbocycles. The number of rotatable bonds is 8. The lowest BCUT2D eigenvalue weighted by atomic mass is 9.78. The number of hydrogen-bond acceptors (Lipinski definition) is 9. The molecule has 1 amide bonds. The standard InChI is InChI=1S/C27H36FN9O2/c1-17-10-22(32-23-12-18(2)34-35-23)33-25(11-17)36-8-6-27(16-38,7-9-36)26(39)31-19(3)20-4-5-24(29-13-20)37-15-21(28)14-30-37/h4-5,10-11,13-15,18-19,23,34-35,38H,6-9,12,16H2,1-3H3,(H,31,39)(H,32,33)/t18?,19-,23?/m0/s1. The van der Waals surface area contributed by atoms with E-state index in [1.54, 1.807) is 12.3 Å². The molecule has 12 heteroatoms. The molecule has 208 valence electrons. The van der Waals surface area contributed by atoms with Gasteiger partial charge in [0.1, 0.15) is 11.6 Å². The van der Waals surface area contributed by atoms with Crippen molar-refractivity contribution in [3.8, 4) is 5.82 Å². The van der Waals surface area contributed by atoms with Crippen LogP contribution in [0.3, 0.4) is 0 Å². The Labute approximate surface area is 227 Å². The van der Waals surface area contributed by atoms with E-state index in [0.717, 1.165) is 35.4 Å². The highest BCUT2D eigenvalue weighted by Crippen LogP contribution is 2.34. The van der Waals surface area contributed by atoms with Crippen LogP contribution in [0.15, 0.2) is 42.9 Å². The number of aliphatic hydroxyl groups excluding tert-OH is 1. The van der Waals surface area contributed by atoms with Crippen LogP contribution in [0.5, 0.6) is 0 Å². The summed E-state index contributed by atoms with van der Waals surface area (Å²) < 4.78 is 14.6. The zero-order valence-corrected chi connectivity index (χ0v) is 22.5. The van der Waals surface area contributed by atoms with Gasteiger partial charge >= 0.3 is 0 Å². The fourth-order valence-corrected chi connectivity index (χ4v) is 5.14. The molecule has 2 fully saturated rings. The van der Waals surface area contributed by atoms with Crippen LogP contribution in [-0.2, 0) is 4.79 Å². The van der Waals surface area contributed by atoms with Gasteiger partial charge in [0.25, 0.3) is 0 Å².